The number of hydrogen-bond acceptors (Lipinski definition) is 5. The lowest BCUT2D eigenvalue weighted by molar-refractivity contribution is -0.120. The summed E-state index contributed by atoms with van der Waals surface area (Å²) in [7, 11) is -0.721. The number of carbonyl (C=O) groups excluding carboxylic acids is 1. The molecular formula is C19H19ClFN5O3S2. The fourth-order valence-corrected chi connectivity index (χ4v) is 5.91. The highest BCUT2D eigenvalue weighted by Crippen LogP contribution is 2.36. The molecule has 164 valence electrons. The summed E-state index contributed by atoms with van der Waals surface area (Å²) in [6.45, 7) is 0. The second-order valence-electron chi connectivity index (χ2n) is 7.17. The number of thiophene rings is 1. The first-order chi connectivity index (χ1) is 14.6. The van der Waals surface area contributed by atoms with E-state index >= 15 is 0 Å². The molecule has 1 fully saturated rings. The third kappa shape index (κ3) is 4.51. The number of likely N-dealkylation sites (N-methyl/N-ethyl adjacent to an activating group) is 1. The van der Waals surface area contributed by atoms with Crippen LogP contribution in [0.1, 0.15) is 17.3 Å². The monoisotopic (exact) mass is 483 g/mol. The van der Waals surface area contributed by atoms with E-state index in [0.717, 1.165) is 25.7 Å². The lowest BCUT2D eigenvalue weighted by Crippen LogP contribution is -2.55. The molecule has 0 bridgehead atoms. The molecule has 12 heteroatoms. The predicted molar refractivity (Wildman–Crippen MR) is 118 cm³/mol. The Labute approximate surface area is 187 Å². The summed E-state index contributed by atoms with van der Waals surface area (Å²) in [5, 5.41) is 6.64. The van der Waals surface area contributed by atoms with E-state index in [-0.39, 0.29) is 17.1 Å². The Balaban J connectivity index is 1.57. The van der Waals surface area contributed by atoms with Crippen LogP contribution in [-0.2, 0) is 22.1 Å². The Kier molecular flexibility index (Phi) is 5.88. The Bertz CT molecular complexity index is 1240. The summed E-state index contributed by atoms with van der Waals surface area (Å²) in [6, 6.07) is 6.01. The molecule has 3 aromatic rings. The number of nitrogens with zero attached hydrogens (tertiary/aromatic N) is 3. The summed E-state index contributed by atoms with van der Waals surface area (Å²) in [4.78, 5) is 14.6. The molecule has 1 saturated heterocycles. The molecule has 4 rings (SSSR count). The number of aromatic nitrogens is 2. The van der Waals surface area contributed by atoms with Gasteiger partial charge in [-0.1, -0.05) is 11.6 Å². The van der Waals surface area contributed by atoms with Crippen LogP contribution in [0.3, 0.4) is 0 Å². The molecule has 0 aliphatic carbocycles. The first-order valence-corrected chi connectivity index (χ1v) is 11.9. The summed E-state index contributed by atoms with van der Waals surface area (Å²) in [5.74, 6) is -1.13. The van der Waals surface area contributed by atoms with Crippen molar-refractivity contribution in [3.05, 3.63) is 58.4 Å². The Morgan fingerprint density at radius 3 is 2.77 bits per heavy atom. The Morgan fingerprint density at radius 1 is 1.32 bits per heavy atom. The molecule has 1 aliphatic heterocycles. The quantitative estimate of drug-likeness (QED) is 0.595. The maximum atomic E-state index is 13.4. The molecule has 2 N–H and O–H groups in total. The highest BCUT2D eigenvalue weighted by Gasteiger charge is 2.41. The van der Waals surface area contributed by atoms with Crippen molar-refractivity contribution < 1.29 is 17.6 Å². The average molecular weight is 484 g/mol. The van der Waals surface area contributed by atoms with E-state index in [1.807, 2.05) is 25.4 Å². The number of nitrogens with one attached hydrogen (secondary N) is 2. The van der Waals surface area contributed by atoms with Crippen molar-refractivity contribution in [1.29, 1.82) is 0 Å². The minimum absolute atomic E-state index is 0.136. The van der Waals surface area contributed by atoms with Gasteiger partial charge >= 0.3 is 0 Å². The van der Waals surface area contributed by atoms with E-state index in [9.17, 15) is 17.6 Å². The number of hydrogen-bond donors (Lipinski definition) is 2. The number of carbonyl (C=O) groups is 1. The van der Waals surface area contributed by atoms with E-state index in [4.69, 9.17) is 11.6 Å². The van der Waals surface area contributed by atoms with Gasteiger partial charge in [0.1, 0.15) is 11.9 Å². The largest absolute Gasteiger partial charge is 0.325 e. The van der Waals surface area contributed by atoms with Crippen LogP contribution in [0.15, 0.2) is 42.7 Å². The molecule has 1 amide bonds. The van der Waals surface area contributed by atoms with Crippen LogP contribution in [0, 0.1) is 5.82 Å². The van der Waals surface area contributed by atoms with Gasteiger partial charge in [-0.15, -0.1) is 11.3 Å². The van der Waals surface area contributed by atoms with E-state index in [2.05, 4.69) is 15.1 Å². The van der Waals surface area contributed by atoms with Crippen LogP contribution in [0.25, 0.3) is 10.4 Å². The summed E-state index contributed by atoms with van der Waals surface area (Å²) >= 11 is 7.21. The predicted octanol–water partition coefficient (Wildman–Crippen LogP) is 3.16. The molecule has 1 aromatic carbocycles. The number of halogens is 2. The van der Waals surface area contributed by atoms with Crippen LogP contribution in [0.2, 0.25) is 5.02 Å². The molecule has 3 heterocycles. The van der Waals surface area contributed by atoms with Gasteiger partial charge in [0.2, 0.25) is 5.91 Å². The van der Waals surface area contributed by atoms with E-state index in [0.29, 0.717) is 0 Å². The lowest BCUT2D eigenvalue weighted by atomic mass is 10.1. The molecule has 8 nitrogen and oxygen atoms in total. The van der Waals surface area contributed by atoms with E-state index in [1.54, 1.807) is 10.9 Å². The topological polar surface area (TPSA) is 96.3 Å². The van der Waals surface area contributed by atoms with Gasteiger partial charge in [-0.25, -0.2) is 4.39 Å². The minimum Gasteiger partial charge on any atom is -0.325 e. The minimum atomic E-state index is -3.88. The summed E-state index contributed by atoms with van der Waals surface area (Å²) in [5.41, 5.74) is 1.21. The van der Waals surface area contributed by atoms with Gasteiger partial charge in [-0.05, 0) is 36.8 Å². The lowest BCUT2D eigenvalue weighted by Gasteiger charge is -2.35. The van der Waals surface area contributed by atoms with Gasteiger partial charge in [0.25, 0.3) is 10.2 Å². The molecule has 0 saturated carbocycles. The van der Waals surface area contributed by atoms with Crippen LogP contribution in [0.4, 0.5) is 10.1 Å². The molecule has 0 radical (unpaired) electrons. The molecule has 31 heavy (non-hydrogen) atoms. The van der Waals surface area contributed by atoms with Crippen molar-refractivity contribution in [2.75, 3.05) is 12.4 Å². The second kappa shape index (κ2) is 8.32. The second-order valence-corrected chi connectivity index (χ2v) is 10.5. The summed E-state index contributed by atoms with van der Waals surface area (Å²) in [6.07, 6.45) is 3.83. The zero-order chi connectivity index (χ0) is 22.3. The third-order valence-electron chi connectivity index (χ3n) is 5.02. The fourth-order valence-electron chi connectivity index (χ4n) is 3.34. The molecule has 2 aromatic heterocycles. The van der Waals surface area contributed by atoms with Crippen molar-refractivity contribution in [2.45, 2.75) is 18.5 Å². The SMILES string of the molecule is CN1[C@H](C(=O)Nc2ccc(F)c(Cl)c2)CC(c2ccc(-c3cnn(C)c3)s2)NS1(=O)=O. The smallest absolute Gasteiger partial charge is 0.280 e. The first kappa shape index (κ1) is 21.9. The Hall–Kier alpha value is -2.31. The molecule has 1 aliphatic rings. The molecule has 1 unspecified atom stereocenters. The standard InChI is InChI=1S/C19H19ClFN5O3S2/c1-25-10-11(9-22-25)17-5-6-18(30-17)15-8-16(26(2)31(28,29)24-15)19(27)23-12-3-4-14(21)13(20)7-12/h3-7,9-10,15-16,24H,8H2,1-2H3,(H,23,27)/t15?,16-/m0/s1. The number of benzene rings is 1. The average Bonchev–Trinajstić information content (AvgIpc) is 3.35. The van der Waals surface area contributed by atoms with Gasteiger partial charge < -0.3 is 5.32 Å². The van der Waals surface area contributed by atoms with Crippen LogP contribution in [-0.4, -0.2) is 41.5 Å². The van der Waals surface area contributed by atoms with Gasteiger partial charge in [0, 0.05) is 41.3 Å². The van der Waals surface area contributed by atoms with Gasteiger partial charge in [0.15, 0.2) is 0 Å². The zero-order valence-electron chi connectivity index (χ0n) is 16.5. The van der Waals surface area contributed by atoms with Gasteiger partial charge in [-0.2, -0.15) is 22.5 Å². The van der Waals surface area contributed by atoms with Crippen molar-refractivity contribution in [3.8, 4) is 10.4 Å². The van der Waals surface area contributed by atoms with Crippen LogP contribution in [0.5, 0.6) is 0 Å². The van der Waals surface area contributed by atoms with Crippen molar-refractivity contribution in [1.82, 2.24) is 18.8 Å². The van der Waals surface area contributed by atoms with Crippen molar-refractivity contribution in [2.24, 2.45) is 7.05 Å². The number of amides is 1. The highest BCUT2D eigenvalue weighted by atomic mass is 35.5. The van der Waals surface area contributed by atoms with Crippen LogP contribution < -0.4 is 10.0 Å². The Morgan fingerprint density at radius 2 is 2.10 bits per heavy atom. The van der Waals surface area contributed by atoms with Crippen molar-refractivity contribution in [3.63, 3.8) is 0 Å². The zero-order valence-corrected chi connectivity index (χ0v) is 18.9. The van der Waals surface area contributed by atoms with E-state index < -0.39 is 34.0 Å². The molecule has 0 spiro atoms. The van der Waals surface area contributed by atoms with Gasteiger partial charge in [0.05, 0.1) is 17.3 Å². The highest BCUT2D eigenvalue weighted by molar-refractivity contribution is 7.87. The number of rotatable bonds is 4. The normalized spacial score (nSPS) is 21.2. The maximum absolute atomic E-state index is 13.4. The van der Waals surface area contributed by atoms with Gasteiger partial charge in [-0.3, -0.25) is 9.48 Å². The first-order valence-electron chi connectivity index (χ1n) is 9.24. The third-order valence-corrected chi connectivity index (χ3v) is 8.15. The number of anilines is 1. The van der Waals surface area contributed by atoms with E-state index in [1.165, 1.54) is 30.5 Å². The molecule has 2 atom stereocenters. The fraction of sp³-hybridized carbons (Fsp3) is 0.263. The molecular weight excluding hydrogens is 465 g/mol. The maximum Gasteiger partial charge on any atom is 0.280 e. The van der Waals surface area contributed by atoms with Crippen molar-refractivity contribution >= 4 is 44.7 Å². The summed E-state index contributed by atoms with van der Waals surface area (Å²) < 4.78 is 44.0. The number of aryl methyl sites for hydroxylation is 1. The van der Waals surface area contributed by atoms with Crippen LogP contribution >= 0.6 is 22.9 Å².